The van der Waals surface area contributed by atoms with E-state index in [2.05, 4.69) is 22.1 Å². The first-order chi connectivity index (χ1) is 18.6. The summed E-state index contributed by atoms with van der Waals surface area (Å²) in [5.41, 5.74) is 2.10. The Morgan fingerprint density at radius 3 is 2.16 bits per heavy atom. The van der Waals surface area contributed by atoms with Crippen LogP contribution in [0.15, 0.2) is 61.2 Å². The van der Waals surface area contributed by atoms with Crippen LogP contribution < -0.4 is 20.1 Å². The zero-order valence-electron chi connectivity index (χ0n) is 22.3. The first-order valence-electron chi connectivity index (χ1n) is 13.5. The van der Waals surface area contributed by atoms with Gasteiger partial charge in [-0.25, -0.2) is 0 Å². The minimum absolute atomic E-state index is 0.0894. The molecule has 38 heavy (non-hydrogen) atoms. The van der Waals surface area contributed by atoms with E-state index in [0.29, 0.717) is 13.1 Å². The Labute approximate surface area is 226 Å². The van der Waals surface area contributed by atoms with Crippen LogP contribution in [0.5, 0.6) is 11.5 Å². The fraction of sp³-hybridized carbons (Fsp3) is 0.517. The average Bonchev–Trinajstić information content (AvgIpc) is 2.92. The lowest BCUT2D eigenvalue weighted by Crippen LogP contribution is -2.32. The molecule has 0 fully saturated rings. The van der Waals surface area contributed by atoms with Crippen LogP contribution in [0.3, 0.4) is 0 Å². The number of hydrogen-bond acceptors (Lipinski definition) is 8. The van der Waals surface area contributed by atoms with E-state index in [1.165, 1.54) is 25.7 Å². The summed E-state index contributed by atoms with van der Waals surface area (Å²) in [5.74, 6) is 1.52. The number of benzene rings is 2. The van der Waals surface area contributed by atoms with Gasteiger partial charge in [0.1, 0.15) is 37.4 Å². The molecule has 2 aromatic carbocycles. The summed E-state index contributed by atoms with van der Waals surface area (Å²) in [5, 5.41) is 26.3. The average molecular weight is 530 g/mol. The number of hydrogen-bond donors (Lipinski definition) is 3. The SMILES string of the molecule is C=CCc1ccccc1OCC(O)CNCCCCCCCCNCc1ccccc1OCCO[N+](=O)[O-]. The second-order valence-corrected chi connectivity index (χ2v) is 9.08. The molecule has 0 aliphatic carbocycles. The van der Waals surface area contributed by atoms with Crippen LogP contribution in [0.2, 0.25) is 0 Å². The molecule has 0 amide bonds. The van der Waals surface area contributed by atoms with Gasteiger partial charge in [0.15, 0.2) is 0 Å². The van der Waals surface area contributed by atoms with Gasteiger partial charge in [-0.1, -0.05) is 68.2 Å². The van der Waals surface area contributed by atoms with Gasteiger partial charge in [0.05, 0.1) is 0 Å². The number of aliphatic hydroxyl groups is 1. The highest BCUT2D eigenvalue weighted by atomic mass is 17.0. The van der Waals surface area contributed by atoms with Crippen molar-refractivity contribution in [2.75, 3.05) is 39.5 Å². The summed E-state index contributed by atoms with van der Waals surface area (Å²) in [6.07, 6.45) is 9.03. The molecule has 0 spiro atoms. The normalized spacial score (nSPS) is 11.6. The molecule has 0 aliphatic rings. The van der Waals surface area contributed by atoms with Crippen molar-refractivity contribution in [1.29, 1.82) is 0 Å². The molecular formula is C29H43N3O6. The maximum absolute atomic E-state index is 10.2. The third-order valence-electron chi connectivity index (χ3n) is 5.93. The molecule has 2 aromatic rings. The maximum atomic E-state index is 10.2. The Hall–Kier alpha value is -3.14. The molecule has 0 saturated carbocycles. The Kier molecular flexibility index (Phi) is 16.3. The number of unbranched alkanes of at least 4 members (excludes halogenated alkanes) is 5. The molecule has 1 atom stereocenters. The van der Waals surface area contributed by atoms with E-state index < -0.39 is 11.2 Å². The third-order valence-corrected chi connectivity index (χ3v) is 5.93. The van der Waals surface area contributed by atoms with Crippen molar-refractivity contribution in [3.63, 3.8) is 0 Å². The van der Waals surface area contributed by atoms with Gasteiger partial charge >= 0.3 is 0 Å². The van der Waals surface area contributed by atoms with Crippen LogP contribution in [0.1, 0.15) is 49.7 Å². The lowest BCUT2D eigenvalue weighted by molar-refractivity contribution is -0.757. The lowest BCUT2D eigenvalue weighted by Gasteiger charge is -2.15. The highest BCUT2D eigenvalue weighted by Gasteiger charge is 2.07. The molecule has 1 unspecified atom stereocenters. The number of para-hydroxylation sites is 2. The zero-order valence-corrected chi connectivity index (χ0v) is 22.3. The minimum Gasteiger partial charge on any atom is -0.491 e. The number of allylic oxidation sites excluding steroid dienone is 1. The molecule has 9 nitrogen and oxygen atoms in total. The van der Waals surface area contributed by atoms with Gasteiger partial charge in [0.25, 0.3) is 5.09 Å². The van der Waals surface area contributed by atoms with E-state index in [0.717, 1.165) is 55.0 Å². The van der Waals surface area contributed by atoms with Crippen molar-refractivity contribution in [1.82, 2.24) is 10.6 Å². The summed E-state index contributed by atoms with van der Waals surface area (Å²) >= 11 is 0. The fourth-order valence-electron chi connectivity index (χ4n) is 3.97. The predicted octanol–water partition coefficient (Wildman–Crippen LogP) is 4.46. The Morgan fingerprint density at radius 2 is 1.47 bits per heavy atom. The number of rotatable bonds is 23. The molecule has 0 aliphatic heterocycles. The van der Waals surface area contributed by atoms with Crippen LogP contribution in [0, 0.1) is 10.1 Å². The van der Waals surface area contributed by atoms with Gasteiger partial charge < -0.3 is 30.1 Å². The molecule has 9 heteroatoms. The monoisotopic (exact) mass is 529 g/mol. The largest absolute Gasteiger partial charge is 0.491 e. The number of nitrogens with zero attached hydrogens (tertiary/aromatic N) is 1. The van der Waals surface area contributed by atoms with Crippen molar-refractivity contribution < 1.29 is 24.5 Å². The topological polar surface area (TPSA) is 115 Å². The van der Waals surface area contributed by atoms with Gasteiger partial charge in [-0.05, 0) is 50.0 Å². The van der Waals surface area contributed by atoms with Crippen LogP contribution in [0.4, 0.5) is 0 Å². The molecule has 2 rings (SSSR count). The summed E-state index contributed by atoms with van der Waals surface area (Å²) in [4.78, 5) is 14.5. The van der Waals surface area contributed by atoms with Gasteiger partial charge in [-0.3, -0.25) is 0 Å². The molecule has 0 aromatic heterocycles. The molecular weight excluding hydrogens is 486 g/mol. The van der Waals surface area contributed by atoms with Crippen molar-refractivity contribution in [3.8, 4) is 11.5 Å². The smallest absolute Gasteiger partial charge is 0.294 e. The van der Waals surface area contributed by atoms with E-state index in [9.17, 15) is 15.2 Å². The van der Waals surface area contributed by atoms with Crippen molar-refractivity contribution in [2.24, 2.45) is 0 Å². The van der Waals surface area contributed by atoms with Crippen molar-refractivity contribution >= 4 is 0 Å². The number of ether oxygens (including phenoxy) is 2. The quantitative estimate of drug-likeness (QED) is 0.0837. The van der Waals surface area contributed by atoms with Gasteiger partial charge in [0.2, 0.25) is 0 Å². The Balaban J connectivity index is 1.42. The van der Waals surface area contributed by atoms with Crippen LogP contribution in [-0.2, 0) is 17.8 Å². The molecule has 210 valence electrons. The zero-order chi connectivity index (χ0) is 27.3. The summed E-state index contributed by atoms with van der Waals surface area (Å²) in [6.45, 7) is 7.12. The highest BCUT2D eigenvalue weighted by molar-refractivity contribution is 5.34. The highest BCUT2D eigenvalue weighted by Crippen LogP contribution is 2.19. The summed E-state index contributed by atoms with van der Waals surface area (Å²) in [7, 11) is 0. The minimum atomic E-state index is -0.815. The van der Waals surface area contributed by atoms with Crippen molar-refractivity contribution in [3.05, 3.63) is 82.4 Å². The second kappa shape index (κ2) is 19.9. The molecule has 0 heterocycles. The summed E-state index contributed by atoms with van der Waals surface area (Å²) in [6, 6.07) is 15.5. The lowest BCUT2D eigenvalue weighted by atomic mass is 10.1. The van der Waals surface area contributed by atoms with E-state index in [1.807, 2.05) is 54.6 Å². The molecule has 0 saturated heterocycles. The molecule has 0 bridgehead atoms. The standard InChI is InChI=1S/C29H43N3O6/c1-2-13-25-14-7-9-16-28(25)37-24-27(33)23-31-19-12-6-4-3-5-11-18-30-22-26-15-8-10-17-29(26)36-20-21-38-32(34)35/h2,7-10,14-17,27,30-31,33H,1,3-6,11-13,18-24H2. The second-order valence-electron chi connectivity index (χ2n) is 9.08. The number of aliphatic hydroxyl groups excluding tert-OH is 1. The van der Waals surface area contributed by atoms with Crippen LogP contribution >= 0.6 is 0 Å². The first kappa shape index (κ1) is 31.1. The van der Waals surface area contributed by atoms with Crippen LogP contribution in [0.25, 0.3) is 0 Å². The van der Waals surface area contributed by atoms with E-state index in [4.69, 9.17) is 9.47 Å². The third kappa shape index (κ3) is 14.0. The number of nitrogens with one attached hydrogen (secondary N) is 2. The predicted molar refractivity (Wildman–Crippen MR) is 149 cm³/mol. The Morgan fingerprint density at radius 1 is 0.868 bits per heavy atom. The molecule has 0 radical (unpaired) electrons. The maximum Gasteiger partial charge on any atom is 0.294 e. The molecule has 3 N–H and O–H groups in total. The van der Waals surface area contributed by atoms with E-state index in [1.54, 1.807) is 0 Å². The Bertz CT molecular complexity index is 927. The fourth-order valence-corrected chi connectivity index (χ4v) is 3.97. The first-order valence-corrected chi connectivity index (χ1v) is 13.5. The van der Waals surface area contributed by atoms with E-state index in [-0.39, 0.29) is 19.8 Å². The van der Waals surface area contributed by atoms with Gasteiger partial charge in [-0.15, -0.1) is 16.7 Å². The summed E-state index contributed by atoms with van der Waals surface area (Å²) < 4.78 is 11.4. The van der Waals surface area contributed by atoms with Crippen molar-refractivity contribution in [2.45, 2.75) is 57.6 Å². The van der Waals surface area contributed by atoms with Gasteiger partial charge in [-0.2, -0.15) is 0 Å². The van der Waals surface area contributed by atoms with E-state index >= 15 is 0 Å². The van der Waals surface area contributed by atoms with Crippen LogP contribution in [-0.4, -0.2) is 55.8 Å². The van der Waals surface area contributed by atoms with Gasteiger partial charge in [0, 0.05) is 18.7 Å².